The highest BCUT2D eigenvalue weighted by atomic mass is 16.5. The van der Waals surface area contributed by atoms with Gasteiger partial charge in [0.1, 0.15) is 0 Å². The molecule has 3 aromatic rings. The molecule has 0 atom stereocenters. The first kappa shape index (κ1) is 21.0. The Kier molecular flexibility index (Phi) is 7.10. The van der Waals surface area contributed by atoms with Gasteiger partial charge in [-0.3, -0.25) is 9.48 Å². The van der Waals surface area contributed by atoms with Crippen molar-refractivity contribution in [1.82, 2.24) is 15.1 Å². The fourth-order valence-corrected chi connectivity index (χ4v) is 2.98. The number of rotatable bonds is 9. The summed E-state index contributed by atoms with van der Waals surface area (Å²) in [4.78, 5) is 12.2. The molecule has 3 rings (SSSR count). The third kappa shape index (κ3) is 5.41. The molecule has 1 heterocycles. The van der Waals surface area contributed by atoms with Crippen molar-refractivity contribution in [3.63, 3.8) is 0 Å². The van der Waals surface area contributed by atoms with E-state index in [9.17, 15) is 4.79 Å². The SMILES string of the molecule is COc1cc(CNC(=O)/C=C/c2cnn(Cc3ccccc3)c2)cc(OC)c1OC. The highest BCUT2D eigenvalue weighted by Crippen LogP contribution is 2.38. The van der Waals surface area contributed by atoms with Crippen LogP contribution in [0.1, 0.15) is 16.7 Å². The highest BCUT2D eigenvalue weighted by Gasteiger charge is 2.13. The van der Waals surface area contributed by atoms with Gasteiger partial charge in [0.15, 0.2) is 11.5 Å². The fraction of sp³-hybridized carbons (Fsp3) is 0.217. The van der Waals surface area contributed by atoms with E-state index in [1.807, 2.05) is 41.2 Å². The zero-order valence-corrected chi connectivity index (χ0v) is 17.3. The number of aromatic nitrogens is 2. The molecule has 0 aliphatic heterocycles. The molecule has 0 aliphatic rings. The van der Waals surface area contributed by atoms with Gasteiger partial charge in [-0.25, -0.2) is 0 Å². The molecule has 7 nitrogen and oxygen atoms in total. The maximum atomic E-state index is 12.2. The van der Waals surface area contributed by atoms with Crippen LogP contribution in [0.4, 0.5) is 0 Å². The minimum absolute atomic E-state index is 0.209. The lowest BCUT2D eigenvalue weighted by Crippen LogP contribution is -2.20. The van der Waals surface area contributed by atoms with Crippen LogP contribution in [-0.2, 0) is 17.9 Å². The van der Waals surface area contributed by atoms with Gasteiger partial charge in [-0.1, -0.05) is 30.3 Å². The topological polar surface area (TPSA) is 74.6 Å². The van der Waals surface area contributed by atoms with Gasteiger partial charge >= 0.3 is 0 Å². The summed E-state index contributed by atoms with van der Waals surface area (Å²) in [5.41, 5.74) is 2.86. The molecule has 1 N–H and O–H groups in total. The van der Waals surface area contributed by atoms with Crippen LogP contribution in [0.15, 0.2) is 60.9 Å². The second-order valence-corrected chi connectivity index (χ2v) is 6.54. The predicted octanol–water partition coefficient (Wildman–Crippen LogP) is 3.29. The molecule has 0 saturated carbocycles. The minimum atomic E-state index is -0.209. The Morgan fingerprint density at radius 2 is 1.73 bits per heavy atom. The predicted molar refractivity (Wildman–Crippen MR) is 115 cm³/mol. The highest BCUT2D eigenvalue weighted by molar-refractivity contribution is 5.91. The van der Waals surface area contributed by atoms with Gasteiger partial charge in [-0.2, -0.15) is 5.10 Å². The Hall–Kier alpha value is -3.74. The Morgan fingerprint density at radius 1 is 1.03 bits per heavy atom. The van der Waals surface area contributed by atoms with Crippen molar-refractivity contribution >= 4 is 12.0 Å². The van der Waals surface area contributed by atoms with Gasteiger partial charge in [0.05, 0.1) is 34.1 Å². The van der Waals surface area contributed by atoms with Crippen molar-refractivity contribution < 1.29 is 19.0 Å². The molecular formula is C23H25N3O4. The van der Waals surface area contributed by atoms with E-state index in [-0.39, 0.29) is 5.91 Å². The maximum Gasteiger partial charge on any atom is 0.244 e. The van der Waals surface area contributed by atoms with Gasteiger partial charge in [0, 0.05) is 24.4 Å². The largest absolute Gasteiger partial charge is 0.493 e. The Bertz CT molecular complexity index is 987. The normalized spacial score (nSPS) is 10.8. The first-order valence-corrected chi connectivity index (χ1v) is 9.44. The van der Waals surface area contributed by atoms with E-state index in [2.05, 4.69) is 10.4 Å². The van der Waals surface area contributed by atoms with Crippen LogP contribution in [0.25, 0.3) is 6.08 Å². The molecule has 30 heavy (non-hydrogen) atoms. The van der Waals surface area contributed by atoms with Crippen LogP contribution in [0.3, 0.4) is 0 Å². The third-order valence-electron chi connectivity index (χ3n) is 4.46. The van der Waals surface area contributed by atoms with Gasteiger partial charge in [0.2, 0.25) is 11.7 Å². The fourth-order valence-electron chi connectivity index (χ4n) is 2.98. The molecule has 0 unspecified atom stereocenters. The van der Waals surface area contributed by atoms with E-state index in [0.29, 0.717) is 30.3 Å². The van der Waals surface area contributed by atoms with Crippen LogP contribution in [-0.4, -0.2) is 37.0 Å². The summed E-state index contributed by atoms with van der Waals surface area (Å²) in [6.07, 6.45) is 6.85. The number of carbonyl (C=O) groups is 1. The van der Waals surface area contributed by atoms with E-state index in [1.165, 1.54) is 11.6 Å². The van der Waals surface area contributed by atoms with Crippen molar-refractivity contribution in [2.45, 2.75) is 13.1 Å². The molecule has 0 bridgehead atoms. The molecule has 0 saturated heterocycles. The molecule has 0 fully saturated rings. The Labute approximate surface area is 175 Å². The second-order valence-electron chi connectivity index (χ2n) is 6.54. The van der Waals surface area contributed by atoms with Gasteiger partial charge in [-0.05, 0) is 29.3 Å². The summed E-state index contributed by atoms with van der Waals surface area (Å²) in [6, 6.07) is 13.7. The summed E-state index contributed by atoms with van der Waals surface area (Å²) in [5, 5.41) is 7.18. The molecule has 1 aromatic heterocycles. The lowest BCUT2D eigenvalue weighted by Gasteiger charge is -2.14. The molecule has 0 radical (unpaired) electrons. The summed E-state index contributed by atoms with van der Waals surface area (Å²) >= 11 is 0. The maximum absolute atomic E-state index is 12.2. The molecular weight excluding hydrogens is 382 g/mol. The molecule has 7 heteroatoms. The average Bonchev–Trinajstić information content (AvgIpc) is 3.23. The lowest BCUT2D eigenvalue weighted by molar-refractivity contribution is -0.116. The number of hydrogen-bond donors (Lipinski definition) is 1. The number of carbonyl (C=O) groups excluding carboxylic acids is 1. The van der Waals surface area contributed by atoms with Crippen molar-refractivity contribution in [3.05, 3.63) is 77.6 Å². The standard InChI is InChI=1S/C23H25N3O4/c1-28-20-11-19(12-21(29-2)23(20)30-3)13-24-22(27)10-9-18-14-25-26(16-18)15-17-7-5-4-6-8-17/h4-12,14,16H,13,15H2,1-3H3,(H,24,27)/b10-9+. The van der Waals surface area contributed by atoms with E-state index >= 15 is 0 Å². The van der Waals surface area contributed by atoms with Gasteiger partial charge in [-0.15, -0.1) is 0 Å². The zero-order chi connectivity index (χ0) is 21.3. The van der Waals surface area contributed by atoms with Crippen LogP contribution in [0.2, 0.25) is 0 Å². The number of hydrogen-bond acceptors (Lipinski definition) is 5. The molecule has 2 aromatic carbocycles. The van der Waals surface area contributed by atoms with Crippen LogP contribution in [0.5, 0.6) is 17.2 Å². The quantitative estimate of drug-likeness (QED) is 0.551. The summed E-state index contributed by atoms with van der Waals surface area (Å²) in [6.45, 7) is 1.01. The lowest BCUT2D eigenvalue weighted by atomic mass is 10.1. The van der Waals surface area contributed by atoms with Gasteiger partial charge in [0.25, 0.3) is 0 Å². The van der Waals surface area contributed by atoms with Crippen LogP contribution in [0, 0.1) is 0 Å². The average molecular weight is 407 g/mol. The second kappa shape index (κ2) is 10.2. The number of ether oxygens (including phenoxy) is 3. The number of benzene rings is 2. The smallest absolute Gasteiger partial charge is 0.244 e. The van der Waals surface area contributed by atoms with E-state index in [0.717, 1.165) is 11.1 Å². The Balaban J connectivity index is 1.58. The molecule has 1 amide bonds. The van der Waals surface area contributed by atoms with E-state index < -0.39 is 0 Å². The Morgan fingerprint density at radius 3 is 2.37 bits per heavy atom. The van der Waals surface area contributed by atoms with E-state index in [4.69, 9.17) is 14.2 Å². The number of nitrogens with zero attached hydrogens (tertiary/aromatic N) is 2. The number of methoxy groups -OCH3 is 3. The monoisotopic (exact) mass is 407 g/mol. The van der Waals surface area contributed by atoms with Crippen molar-refractivity contribution in [3.8, 4) is 17.2 Å². The van der Waals surface area contributed by atoms with Crippen LogP contribution >= 0.6 is 0 Å². The first-order chi connectivity index (χ1) is 14.6. The number of amides is 1. The van der Waals surface area contributed by atoms with Crippen molar-refractivity contribution in [2.24, 2.45) is 0 Å². The molecule has 0 spiro atoms. The zero-order valence-electron chi connectivity index (χ0n) is 17.3. The van der Waals surface area contributed by atoms with Crippen molar-refractivity contribution in [2.75, 3.05) is 21.3 Å². The van der Waals surface area contributed by atoms with Crippen LogP contribution < -0.4 is 19.5 Å². The summed E-state index contributed by atoms with van der Waals surface area (Å²) < 4.78 is 17.8. The summed E-state index contributed by atoms with van der Waals surface area (Å²) in [5.74, 6) is 1.40. The molecule has 156 valence electrons. The first-order valence-electron chi connectivity index (χ1n) is 9.44. The number of nitrogens with one attached hydrogen (secondary N) is 1. The third-order valence-corrected chi connectivity index (χ3v) is 4.46. The molecule has 0 aliphatic carbocycles. The van der Waals surface area contributed by atoms with E-state index in [1.54, 1.807) is 45.7 Å². The van der Waals surface area contributed by atoms with Gasteiger partial charge < -0.3 is 19.5 Å². The summed E-state index contributed by atoms with van der Waals surface area (Å²) in [7, 11) is 4.66. The minimum Gasteiger partial charge on any atom is -0.493 e. The van der Waals surface area contributed by atoms with Crippen molar-refractivity contribution in [1.29, 1.82) is 0 Å².